The van der Waals surface area contributed by atoms with E-state index in [0.29, 0.717) is 5.92 Å². The van der Waals surface area contributed by atoms with Gasteiger partial charge in [0.25, 0.3) is 0 Å². The number of morpholine rings is 1. The van der Waals surface area contributed by atoms with E-state index in [1.165, 1.54) is 5.56 Å². The van der Waals surface area contributed by atoms with Gasteiger partial charge in [-0.3, -0.25) is 0 Å². The van der Waals surface area contributed by atoms with E-state index < -0.39 is 0 Å². The summed E-state index contributed by atoms with van der Waals surface area (Å²) in [6.07, 6.45) is 2.86. The van der Waals surface area contributed by atoms with Gasteiger partial charge in [0.05, 0.1) is 19.3 Å². The molecule has 0 saturated carbocycles. The van der Waals surface area contributed by atoms with Gasteiger partial charge in [-0.2, -0.15) is 0 Å². The highest BCUT2D eigenvalue weighted by Crippen LogP contribution is 2.34. The van der Waals surface area contributed by atoms with Crippen molar-refractivity contribution in [3.63, 3.8) is 0 Å². The van der Waals surface area contributed by atoms with E-state index in [9.17, 15) is 0 Å². The maximum atomic E-state index is 5.96. The highest BCUT2D eigenvalue weighted by molar-refractivity contribution is 5.48. The third-order valence-electron chi connectivity index (χ3n) is 4.88. The Labute approximate surface area is 148 Å². The number of hydrogen-bond acceptors (Lipinski definition) is 6. The molecule has 0 aliphatic carbocycles. The molecule has 6 nitrogen and oxygen atoms in total. The van der Waals surface area contributed by atoms with Crippen molar-refractivity contribution in [2.24, 2.45) is 5.92 Å². The molecule has 2 aromatic rings. The van der Waals surface area contributed by atoms with Gasteiger partial charge >= 0.3 is 0 Å². The molecular weight excluding hydrogens is 316 g/mol. The van der Waals surface area contributed by atoms with Gasteiger partial charge in [0.15, 0.2) is 0 Å². The third-order valence-corrected chi connectivity index (χ3v) is 4.88. The van der Waals surface area contributed by atoms with Gasteiger partial charge in [0, 0.05) is 38.2 Å². The predicted octanol–water partition coefficient (Wildman–Crippen LogP) is 2.50. The van der Waals surface area contributed by atoms with Crippen molar-refractivity contribution in [1.29, 1.82) is 0 Å². The first-order chi connectivity index (χ1) is 12.4. The lowest BCUT2D eigenvalue weighted by Crippen LogP contribution is -2.36. The molecule has 0 spiro atoms. The number of nitrogens with zero attached hydrogens (tertiary/aromatic N) is 3. The minimum atomic E-state index is 0.161. The van der Waals surface area contributed by atoms with E-state index in [4.69, 9.17) is 9.47 Å². The normalized spacial score (nSPS) is 23.6. The number of nitrogens with one attached hydrogen (secondary N) is 1. The van der Waals surface area contributed by atoms with Gasteiger partial charge in [-0.25, -0.2) is 9.97 Å². The van der Waals surface area contributed by atoms with Crippen LogP contribution in [0.15, 0.2) is 42.7 Å². The van der Waals surface area contributed by atoms with Crippen LogP contribution in [-0.2, 0) is 9.47 Å². The largest absolute Gasteiger partial charge is 0.378 e. The van der Waals surface area contributed by atoms with E-state index in [0.717, 1.165) is 57.5 Å². The number of anilines is 2. The van der Waals surface area contributed by atoms with Crippen LogP contribution in [0.2, 0.25) is 0 Å². The van der Waals surface area contributed by atoms with E-state index in [1.54, 1.807) is 6.33 Å². The zero-order valence-corrected chi connectivity index (χ0v) is 14.3. The van der Waals surface area contributed by atoms with E-state index in [-0.39, 0.29) is 6.10 Å². The fourth-order valence-corrected chi connectivity index (χ4v) is 3.50. The Bertz CT molecular complexity index is 676. The summed E-state index contributed by atoms with van der Waals surface area (Å²) in [6, 6.07) is 12.5. The number of hydrogen-bond donors (Lipinski definition) is 1. The first kappa shape index (κ1) is 16.3. The van der Waals surface area contributed by atoms with Crippen LogP contribution in [0.5, 0.6) is 0 Å². The van der Waals surface area contributed by atoms with E-state index in [2.05, 4.69) is 44.5 Å². The van der Waals surface area contributed by atoms with Crippen LogP contribution < -0.4 is 10.2 Å². The van der Waals surface area contributed by atoms with Gasteiger partial charge in [0.1, 0.15) is 18.0 Å². The zero-order valence-electron chi connectivity index (χ0n) is 14.3. The molecule has 6 heteroatoms. The molecule has 0 unspecified atom stereocenters. The van der Waals surface area contributed by atoms with Gasteiger partial charge in [-0.05, 0) is 12.0 Å². The summed E-state index contributed by atoms with van der Waals surface area (Å²) in [6.45, 7) is 4.93. The Morgan fingerprint density at radius 3 is 2.76 bits per heavy atom. The van der Waals surface area contributed by atoms with Crippen LogP contribution in [0, 0.1) is 5.92 Å². The molecule has 132 valence electrons. The second-order valence-electron chi connectivity index (χ2n) is 6.49. The van der Waals surface area contributed by atoms with Crippen molar-refractivity contribution in [2.45, 2.75) is 12.5 Å². The average molecular weight is 340 g/mol. The van der Waals surface area contributed by atoms with Crippen molar-refractivity contribution in [3.05, 3.63) is 48.3 Å². The van der Waals surface area contributed by atoms with Gasteiger partial charge < -0.3 is 19.7 Å². The van der Waals surface area contributed by atoms with Crippen LogP contribution in [0.1, 0.15) is 18.1 Å². The minimum absolute atomic E-state index is 0.161. The lowest BCUT2D eigenvalue weighted by atomic mass is 9.95. The Kier molecular flexibility index (Phi) is 5.09. The maximum absolute atomic E-state index is 5.96. The third kappa shape index (κ3) is 3.91. The lowest BCUT2D eigenvalue weighted by molar-refractivity contribution is 0.0933. The van der Waals surface area contributed by atoms with Crippen molar-refractivity contribution >= 4 is 11.6 Å². The van der Waals surface area contributed by atoms with Crippen LogP contribution >= 0.6 is 0 Å². The molecule has 0 radical (unpaired) electrons. The molecule has 2 atom stereocenters. The maximum Gasteiger partial charge on any atom is 0.134 e. The molecule has 2 saturated heterocycles. The summed E-state index contributed by atoms with van der Waals surface area (Å²) < 4.78 is 11.4. The van der Waals surface area contributed by atoms with E-state index in [1.807, 2.05) is 12.1 Å². The second-order valence-corrected chi connectivity index (χ2v) is 6.49. The molecule has 0 amide bonds. The van der Waals surface area contributed by atoms with Crippen LogP contribution in [0.3, 0.4) is 0 Å². The first-order valence-electron chi connectivity index (χ1n) is 8.95. The quantitative estimate of drug-likeness (QED) is 0.902. The number of rotatable bonds is 5. The average Bonchev–Trinajstić information content (AvgIpc) is 3.17. The first-order valence-corrected chi connectivity index (χ1v) is 8.95. The Hall–Kier alpha value is -2.18. The number of benzene rings is 1. The van der Waals surface area contributed by atoms with Gasteiger partial charge in [-0.1, -0.05) is 30.3 Å². The molecular formula is C19H24N4O2. The zero-order chi connectivity index (χ0) is 16.9. The summed E-state index contributed by atoms with van der Waals surface area (Å²) in [5, 5.41) is 3.48. The van der Waals surface area contributed by atoms with Crippen molar-refractivity contribution in [3.8, 4) is 0 Å². The SMILES string of the molecule is c1ccc([C@@H]2OCC[C@H]2CNc2cc(N3CCOCC3)ncn2)cc1. The van der Waals surface area contributed by atoms with Crippen molar-refractivity contribution in [1.82, 2.24) is 9.97 Å². The Balaban J connectivity index is 1.39. The summed E-state index contributed by atoms with van der Waals surface area (Å²) in [5.74, 6) is 2.28. The van der Waals surface area contributed by atoms with Crippen molar-refractivity contribution < 1.29 is 9.47 Å². The highest BCUT2D eigenvalue weighted by Gasteiger charge is 2.29. The van der Waals surface area contributed by atoms with Crippen LogP contribution in [-0.4, -0.2) is 49.4 Å². The fraction of sp³-hybridized carbons (Fsp3) is 0.474. The molecule has 2 aliphatic heterocycles. The van der Waals surface area contributed by atoms with Crippen LogP contribution in [0.4, 0.5) is 11.6 Å². The molecule has 0 bridgehead atoms. The number of ether oxygens (including phenoxy) is 2. The molecule has 25 heavy (non-hydrogen) atoms. The smallest absolute Gasteiger partial charge is 0.134 e. The highest BCUT2D eigenvalue weighted by atomic mass is 16.5. The summed E-state index contributed by atoms with van der Waals surface area (Å²) in [7, 11) is 0. The molecule has 4 rings (SSSR count). The molecule has 1 aromatic heterocycles. The van der Waals surface area contributed by atoms with Crippen LogP contribution in [0.25, 0.3) is 0 Å². The Morgan fingerprint density at radius 2 is 1.92 bits per heavy atom. The molecule has 1 N–H and O–H groups in total. The Morgan fingerprint density at radius 1 is 1.08 bits per heavy atom. The predicted molar refractivity (Wildman–Crippen MR) is 96.8 cm³/mol. The fourth-order valence-electron chi connectivity index (χ4n) is 3.50. The summed E-state index contributed by atoms with van der Waals surface area (Å²) in [5.41, 5.74) is 1.25. The van der Waals surface area contributed by atoms with Gasteiger partial charge in [-0.15, -0.1) is 0 Å². The topological polar surface area (TPSA) is 59.5 Å². The molecule has 3 heterocycles. The molecule has 2 fully saturated rings. The second kappa shape index (κ2) is 7.80. The van der Waals surface area contributed by atoms with Crippen molar-refractivity contribution in [2.75, 3.05) is 49.7 Å². The lowest BCUT2D eigenvalue weighted by Gasteiger charge is -2.28. The minimum Gasteiger partial charge on any atom is -0.378 e. The standard InChI is InChI=1S/C19H24N4O2/c1-2-4-15(5-3-1)19-16(6-9-25-19)13-20-17-12-18(22-14-21-17)23-7-10-24-11-8-23/h1-5,12,14,16,19H,6-11,13H2,(H,20,21,22)/t16-,19-/m0/s1. The molecule has 1 aromatic carbocycles. The molecule has 2 aliphatic rings. The number of aromatic nitrogens is 2. The van der Waals surface area contributed by atoms with Gasteiger partial charge in [0.2, 0.25) is 0 Å². The summed E-state index contributed by atoms with van der Waals surface area (Å²) >= 11 is 0. The summed E-state index contributed by atoms with van der Waals surface area (Å²) in [4.78, 5) is 11.0. The monoisotopic (exact) mass is 340 g/mol. The van der Waals surface area contributed by atoms with E-state index >= 15 is 0 Å².